The summed E-state index contributed by atoms with van der Waals surface area (Å²) >= 11 is 0. The van der Waals surface area contributed by atoms with E-state index in [-0.39, 0.29) is 35.7 Å². The number of rotatable bonds is 6. The molecular weight excluding hydrogens is 421 g/mol. The van der Waals surface area contributed by atoms with Gasteiger partial charge < -0.3 is 13.9 Å². The number of halogens is 3. The Bertz CT molecular complexity index is 1360. The van der Waals surface area contributed by atoms with E-state index in [2.05, 4.69) is 0 Å². The molecule has 0 N–H and O–H groups in total. The number of methoxy groups -OCH3 is 1. The number of aryl methyl sites for hydroxylation is 1. The first-order valence-electron chi connectivity index (χ1n) is 9.81. The molecule has 0 aliphatic heterocycles. The van der Waals surface area contributed by atoms with Crippen molar-refractivity contribution < 1.29 is 27.1 Å². The summed E-state index contributed by atoms with van der Waals surface area (Å²) in [6, 6.07) is 13.0. The van der Waals surface area contributed by atoms with Crippen molar-refractivity contribution in [2.24, 2.45) is 0 Å². The second kappa shape index (κ2) is 8.78. The molecule has 1 heterocycles. The van der Waals surface area contributed by atoms with Crippen LogP contribution in [-0.2, 0) is 13.0 Å². The molecule has 7 heteroatoms. The van der Waals surface area contributed by atoms with E-state index in [9.17, 15) is 18.0 Å². The molecule has 0 radical (unpaired) electrons. The Morgan fingerprint density at radius 1 is 0.875 bits per heavy atom. The van der Waals surface area contributed by atoms with Crippen molar-refractivity contribution in [3.63, 3.8) is 0 Å². The summed E-state index contributed by atoms with van der Waals surface area (Å²) in [5.41, 5.74) is 1.41. The number of hydrogen-bond donors (Lipinski definition) is 0. The van der Waals surface area contributed by atoms with Gasteiger partial charge in [-0.25, -0.2) is 18.0 Å². The molecule has 0 spiro atoms. The topological polar surface area (TPSA) is 48.7 Å². The molecule has 0 bridgehead atoms. The summed E-state index contributed by atoms with van der Waals surface area (Å²) in [6.45, 7) is 1.53. The average molecular weight is 440 g/mol. The highest BCUT2D eigenvalue weighted by atomic mass is 19.2. The van der Waals surface area contributed by atoms with Crippen molar-refractivity contribution in [1.82, 2.24) is 0 Å². The van der Waals surface area contributed by atoms with E-state index in [1.807, 2.05) is 0 Å². The molecule has 0 aliphatic carbocycles. The summed E-state index contributed by atoms with van der Waals surface area (Å²) < 4.78 is 57.2. The Morgan fingerprint density at radius 2 is 1.62 bits per heavy atom. The van der Waals surface area contributed by atoms with Gasteiger partial charge in [0.15, 0.2) is 11.6 Å². The van der Waals surface area contributed by atoms with Gasteiger partial charge in [0.1, 0.15) is 29.5 Å². The van der Waals surface area contributed by atoms with Crippen LogP contribution in [0.25, 0.3) is 11.0 Å². The maximum absolute atomic E-state index is 13.7. The van der Waals surface area contributed by atoms with E-state index in [0.29, 0.717) is 27.8 Å². The van der Waals surface area contributed by atoms with Crippen LogP contribution in [0.15, 0.2) is 63.8 Å². The Labute approximate surface area is 181 Å². The van der Waals surface area contributed by atoms with Crippen LogP contribution in [0.4, 0.5) is 13.2 Å². The highest BCUT2D eigenvalue weighted by Crippen LogP contribution is 2.32. The van der Waals surface area contributed by atoms with E-state index in [1.165, 1.54) is 19.2 Å². The van der Waals surface area contributed by atoms with Gasteiger partial charge in [0.25, 0.3) is 0 Å². The summed E-state index contributed by atoms with van der Waals surface area (Å²) in [5, 5.41) is 0.516. The number of benzene rings is 3. The van der Waals surface area contributed by atoms with Gasteiger partial charge in [0.05, 0.1) is 18.1 Å². The second-order valence-electron chi connectivity index (χ2n) is 7.36. The smallest absolute Gasteiger partial charge is 0.343 e. The zero-order valence-electron chi connectivity index (χ0n) is 17.4. The maximum atomic E-state index is 13.7. The summed E-state index contributed by atoms with van der Waals surface area (Å²) in [6.07, 6.45) is 0.137. The Hall–Kier alpha value is -3.74. The normalized spacial score (nSPS) is 11.0. The predicted octanol–water partition coefficient (Wildman–Crippen LogP) is 5.70. The van der Waals surface area contributed by atoms with Crippen molar-refractivity contribution in [2.45, 2.75) is 20.0 Å². The average Bonchev–Trinajstić information content (AvgIpc) is 2.78. The molecular formula is C25H19F3O4. The lowest BCUT2D eigenvalue weighted by atomic mass is 10.0. The van der Waals surface area contributed by atoms with E-state index in [1.54, 1.807) is 37.3 Å². The van der Waals surface area contributed by atoms with E-state index < -0.39 is 17.3 Å². The van der Waals surface area contributed by atoms with Crippen molar-refractivity contribution in [1.29, 1.82) is 0 Å². The Balaban J connectivity index is 1.79. The van der Waals surface area contributed by atoms with Gasteiger partial charge in [-0.1, -0.05) is 18.2 Å². The lowest BCUT2D eigenvalue weighted by molar-refractivity contribution is 0.302. The van der Waals surface area contributed by atoms with Crippen LogP contribution in [0.1, 0.15) is 22.3 Å². The zero-order chi connectivity index (χ0) is 22.8. The summed E-state index contributed by atoms with van der Waals surface area (Å²) in [4.78, 5) is 12.8. The van der Waals surface area contributed by atoms with Crippen molar-refractivity contribution in [2.75, 3.05) is 7.11 Å². The fourth-order valence-electron chi connectivity index (χ4n) is 3.44. The Morgan fingerprint density at radius 3 is 2.34 bits per heavy atom. The first kappa shape index (κ1) is 21.5. The molecule has 1 aromatic heterocycles. The first-order chi connectivity index (χ1) is 15.4. The molecule has 3 aromatic carbocycles. The highest BCUT2D eigenvalue weighted by molar-refractivity contribution is 5.85. The van der Waals surface area contributed by atoms with Gasteiger partial charge in [-0.3, -0.25) is 0 Å². The number of fused-ring (bicyclic) bond motifs is 1. The minimum Gasteiger partial charge on any atom is -0.497 e. The van der Waals surface area contributed by atoms with Crippen molar-refractivity contribution in [3.8, 4) is 11.5 Å². The minimum atomic E-state index is -0.990. The van der Waals surface area contributed by atoms with Crippen LogP contribution in [0.3, 0.4) is 0 Å². The third kappa shape index (κ3) is 4.32. The largest absolute Gasteiger partial charge is 0.497 e. The first-order valence-corrected chi connectivity index (χ1v) is 9.81. The maximum Gasteiger partial charge on any atom is 0.343 e. The van der Waals surface area contributed by atoms with Gasteiger partial charge in [-0.2, -0.15) is 0 Å². The van der Waals surface area contributed by atoms with Crippen molar-refractivity contribution in [3.05, 3.63) is 105 Å². The molecule has 164 valence electrons. The van der Waals surface area contributed by atoms with Crippen LogP contribution in [0, 0.1) is 24.4 Å². The Kier molecular flexibility index (Phi) is 5.90. The van der Waals surface area contributed by atoms with E-state index in [0.717, 1.165) is 12.1 Å². The molecule has 4 nitrogen and oxygen atoms in total. The van der Waals surface area contributed by atoms with Gasteiger partial charge in [-0.05, 0) is 53.9 Å². The fraction of sp³-hybridized carbons (Fsp3) is 0.160. The quantitative estimate of drug-likeness (QED) is 0.361. The third-order valence-electron chi connectivity index (χ3n) is 5.13. The lowest BCUT2D eigenvalue weighted by Gasteiger charge is -2.14. The standard InChI is InChI=1S/C25H19F3O4/c1-14-9-15(3-7-20(14)26)10-19-24(31-13-16-4-8-21(27)22(28)11-16)18-6-5-17(30-2)12-23(18)32-25(19)29/h3-9,11-12H,10,13H2,1-2H3. The van der Waals surface area contributed by atoms with E-state index >= 15 is 0 Å². The molecule has 0 saturated carbocycles. The monoisotopic (exact) mass is 440 g/mol. The molecule has 0 unspecified atom stereocenters. The van der Waals surface area contributed by atoms with Crippen LogP contribution >= 0.6 is 0 Å². The molecule has 0 amide bonds. The second-order valence-corrected chi connectivity index (χ2v) is 7.36. The van der Waals surface area contributed by atoms with Crippen LogP contribution < -0.4 is 15.1 Å². The van der Waals surface area contributed by atoms with Gasteiger partial charge in [0.2, 0.25) is 0 Å². The SMILES string of the molecule is COc1ccc2c(OCc3ccc(F)c(F)c3)c(Cc3ccc(F)c(C)c3)c(=O)oc2c1. The van der Waals surface area contributed by atoms with Crippen molar-refractivity contribution >= 4 is 11.0 Å². The molecule has 0 atom stereocenters. The zero-order valence-corrected chi connectivity index (χ0v) is 17.4. The van der Waals surface area contributed by atoms with Gasteiger partial charge in [-0.15, -0.1) is 0 Å². The fourth-order valence-corrected chi connectivity index (χ4v) is 3.44. The molecule has 0 fully saturated rings. The number of hydrogen-bond acceptors (Lipinski definition) is 4. The van der Waals surface area contributed by atoms with Crippen LogP contribution in [0.2, 0.25) is 0 Å². The third-order valence-corrected chi connectivity index (χ3v) is 5.13. The molecule has 4 aromatic rings. The molecule has 0 saturated heterocycles. The lowest BCUT2D eigenvalue weighted by Crippen LogP contribution is -2.12. The van der Waals surface area contributed by atoms with E-state index in [4.69, 9.17) is 13.9 Å². The van der Waals surface area contributed by atoms with Crippen LogP contribution in [-0.4, -0.2) is 7.11 Å². The summed E-state index contributed by atoms with van der Waals surface area (Å²) in [5.74, 6) is -1.55. The minimum absolute atomic E-state index is 0.1000. The molecule has 32 heavy (non-hydrogen) atoms. The number of ether oxygens (including phenoxy) is 2. The molecule has 4 rings (SSSR count). The highest BCUT2D eigenvalue weighted by Gasteiger charge is 2.18. The van der Waals surface area contributed by atoms with Gasteiger partial charge in [0, 0.05) is 12.5 Å². The summed E-state index contributed by atoms with van der Waals surface area (Å²) in [7, 11) is 1.49. The molecule has 0 aliphatic rings. The van der Waals surface area contributed by atoms with Gasteiger partial charge >= 0.3 is 5.63 Å². The predicted molar refractivity (Wildman–Crippen MR) is 114 cm³/mol. The van der Waals surface area contributed by atoms with Crippen LogP contribution in [0.5, 0.6) is 11.5 Å².